The molecule has 0 aliphatic rings. The van der Waals surface area contributed by atoms with Crippen LogP contribution < -0.4 is 4.90 Å². The molecule has 0 saturated heterocycles. The normalized spacial score (nSPS) is 11.3. The van der Waals surface area contributed by atoms with Crippen molar-refractivity contribution in [3.8, 4) is 55.6 Å². The summed E-state index contributed by atoms with van der Waals surface area (Å²) in [5.41, 5.74) is 16.7. The van der Waals surface area contributed by atoms with Crippen molar-refractivity contribution in [2.75, 3.05) is 4.90 Å². The van der Waals surface area contributed by atoms with Crippen LogP contribution in [0.15, 0.2) is 241 Å². The Morgan fingerprint density at radius 1 is 0.283 bits per heavy atom. The molecule has 0 radical (unpaired) electrons. The van der Waals surface area contributed by atoms with Crippen LogP contribution in [0.5, 0.6) is 0 Å². The van der Waals surface area contributed by atoms with Gasteiger partial charge in [0.15, 0.2) is 0 Å². The molecule has 1 heterocycles. The van der Waals surface area contributed by atoms with Crippen molar-refractivity contribution in [2.45, 2.75) is 0 Å². The number of fused-ring (bicyclic) bond motifs is 5. The average Bonchev–Trinajstić information content (AvgIpc) is 3.72. The second kappa shape index (κ2) is 15.1. The molecule has 0 spiro atoms. The van der Waals surface area contributed by atoms with Gasteiger partial charge in [-0.3, -0.25) is 0 Å². The van der Waals surface area contributed by atoms with Crippen LogP contribution in [0.1, 0.15) is 0 Å². The molecular formula is C58H39NO. The van der Waals surface area contributed by atoms with E-state index in [1.165, 1.54) is 33.4 Å². The Hall–Kier alpha value is -7.94. The number of furan rings is 1. The topological polar surface area (TPSA) is 16.4 Å². The summed E-state index contributed by atoms with van der Waals surface area (Å²) in [5, 5.41) is 4.37. The van der Waals surface area contributed by atoms with Crippen molar-refractivity contribution in [3.05, 3.63) is 237 Å². The van der Waals surface area contributed by atoms with E-state index in [9.17, 15) is 0 Å². The van der Waals surface area contributed by atoms with Crippen LogP contribution >= 0.6 is 0 Å². The molecule has 10 aromatic carbocycles. The zero-order chi connectivity index (χ0) is 39.8. The smallest absolute Gasteiger partial charge is 0.143 e. The van der Waals surface area contributed by atoms with Crippen molar-refractivity contribution in [2.24, 2.45) is 0 Å². The summed E-state index contributed by atoms with van der Waals surface area (Å²) in [5.74, 6) is 0. The number of para-hydroxylation sites is 1. The molecule has 0 bridgehead atoms. The van der Waals surface area contributed by atoms with Gasteiger partial charge in [-0.2, -0.15) is 0 Å². The van der Waals surface area contributed by atoms with Gasteiger partial charge in [0.25, 0.3) is 0 Å². The fourth-order valence-electron chi connectivity index (χ4n) is 8.75. The van der Waals surface area contributed by atoms with Crippen LogP contribution in [-0.4, -0.2) is 0 Å². The van der Waals surface area contributed by atoms with E-state index in [4.69, 9.17) is 4.42 Å². The molecule has 0 atom stereocenters. The molecule has 11 aromatic rings. The number of rotatable bonds is 8. The summed E-state index contributed by atoms with van der Waals surface area (Å²) < 4.78 is 6.85. The Kier molecular flexibility index (Phi) is 8.87. The second-order valence-electron chi connectivity index (χ2n) is 15.3. The summed E-state index contributed by atoms with van der Waals surface area (Å²) in [6, 6.07) is 84.8. The van der Waals surface area contributed by atoms with Gasteiger partial charge in [0.1, 0.15) is 11.2 Å². The van der Waals surface area contributed by atoms with E-state index in [0.717, 1.165) is 72.0 Å². The van der Waals surface area contributed by atoms with Crippen LogP contribution in [-0.2, 0) is 0 Å². The Morgan fingerprint density at radius 2 is 0.717 bits per heavy atom. The van der Waals surface area contributed by atoms with E-state index in [1.807, 2.05) is 0 Å². The lowest BCUT2D eigenvalue weighted by molar-refractivity contribution is 0.673. The highest BCUT2D eigenvalue weighted by Gasteiger charge is 2.23. The van der Waals surface area contributed by atoms with Gasteiger partial charge in [0.05, 0.1) is 11.4 Å². The standard InChI is InChI=1S/C58H39NO/c1-4-15-40(16-5-1)43-27-31-46(32-28-43)49-21-12-13-25-54(49)59(48-37-35-45(36-38-48)42-19-8-3-9-20-42)55-39-53-57-50(47-33-29-44(30-34-47)41-17-6-2-7-18-41)24-14-26-56(57)60-58(53)52-23-11-10-22-51(52)55/h1-39H. The average molecular weight is 766 g/mol. The first-order chi connectivity index (χ1) is 29.8. The van der Waals surface area contributed by atoms with Crippen LogP contribution in [0.2, 0.25) is 0 Å². The first-order valence-corrected chi connectivity index (χ1v) is 20.5. The minimum Gasteiger partial charge on any atom is -0.455 e. The van der Waals surface area contributed by atoms with E-state index in [0.29, 0.717) is 0 Å². The predicted octanol–water partition coefficient (Wildman–Crippen LogP) is 16.5. The molecule has 60 heavy (non-hydrogen) atoms. The molecule has 2 nitrogen and oxygen atoms in total. The highest BCUT2D eigenvalue weighted by molar-refractivity contribution is 6.22. The number of hydrogen-bond acceptors (Lipinski definition) is 2. The van der Waals surface area contributed by atoms with Gasteiger partial charge >= 0.3 is 0 Å². The molecule has 11 rings (SSSR count). The fraction of sp³-hybridized carbons (Fsp3) is 0. The Morgan fingerprint density at radius 3 is 1.30 bits per heavy atom. The maximum absolute atomic E-state index is 6.85. The minimum atomic E-state index is 0.870. The number of hydrogen-bond donors (Lipinski definition) is 0. The van der Waals surface area contributed by atoms with Gasteiger partial charge in [-0.1, -0.05) is 206 Å². The van der Waals surface area contributed by atoms with E-state index in [-0.39, 0.29) is 0 Å². The van der Waals surface area contributed by atoms with Crippen LogP contribution in [0, 0.1) is 0 Å². The van der Waals surface area contributed by atoms with Gasteiger partial charge in [-0.05, 0) is 80.4 Å². The molecule has 0 unspecified atom stereocenters. The number of anilines is 3. The zero-order valence-electron chi connectivity index (χ0n) is 32.9. The van der Waals surface area contributed by atoms with Gasteiger partial charge < -0.3 is 9.32 Å². The molecule has 0 N–H and O–H groups in total. The largest absolute Gasteiger partial charge is 0.455 e. The molecule has 1 aromatic heterocycles. The third kappa shape index (κ3) is 6.32. The molecule has 0 aliphatic carbocycles. The first-order valence-electron chi connectivity index (χ1n) is 20.5. The lowest BCUT2D eigenvalue weighted by atomic mass is 9.95. The quantitative estimate of drug-likeness (QED) is 0.153. The second-order valence-corrected chi connectivity index (χ2v) is 15.3. The van der Waals surface area contributed by atoms with E-state index >= 15 is 0 Å². The van der Waals surface area contributed by atoms with Gasteiger partial charge in [-0.15, -0.1) is 0 Å². The maximum atomic E-state index is 6.85. The van der Waals surface area contributed by atoms with E-state index in [1.54, 1.807) is 0 Å². The van der Waals surface area contributed by atoms with Crippen LogP contribution in [0.4, 0.5) is 17.1 Å². The molecule has 0 amide bonds. The Labute approximate surface area is 349 Å². The van der Waals surface area contributed by atoms with Crippen molar-refractivity contribution >= 4 is 49.8 Å². The Balaban J connectivity index is 1.13. The zero-order valence-corrected chi connectivity index (χ0v) is 32.9. The summed E-state index contributed by atoms with van der Waals surface area (Å²) >= 11 is 0. The van der Waals surface area contributed by atoms with Crippen molar-refractivity contribution in [1.29, 1.82) is 0 Å². The molecule has 0 fully saturated rings. The summed E-state index contributed by atoms with van der Waals surface area (Å²) in [6.45, 7) is 0. The molecule has 0 saturated carbocycles. The van der Waals surface area contributed by atoms with E-state index < -0.39 is 0 Å². The molecule has 282 valence electrons. The first kappa shape index (κ1) is 35.2. The fourth-order valence-corrected chi connectivity index (χ4v) is 8.75. The SMILES string of the molecule is c1ccc(-c2ccc(-c3ccccc3N(c3ccc(-c4ccccc4)cc3)c3cc4c(oc5cccc(-c6ccc(-c7ccccc7)cc6)c54)c4ccccc34)cc2)cc1. The molecule has 2 heteroatoms. The Bertz CT molecular complexity index is 3260. The number of benzene rings is 10. The summed E-state index contributed by atoms with van der Waals surface area (Å²) in [6.07, 6.45) is 0. The monoisotopic (exact) mass is 765 g/mol. The van der Waals surface area contributed by atoms with Gasteiger partial charge in [-0.25, -0.2) is 0 Å². The molecule has 0 aliphatic heterocycles. The molecular weight excluding hydrogens is 727 g/mol. The van der Waals surface area contributed by atoms with Crippen LogP contribution in [0.3, 0.4) is 0 Å². The maximum Gasteiger partial charge on any atom is 0.143 e. The highest BCUT2D eigenvalue weighted by Crippen LogP contribution is 2.48. The van der Waals surface area contributed by atoms with Crippen molar-refractivity contribution in [3.63, 3.8) is 0 Å². The van der Waals surface area contributed by atoms with Gasteiger partial charge in [0, 0.05) is 32.8 Å². The lowest BCUT2D eigenvalue weighted by Crippen LogP contribution is -2.12. The van der Waals surface area contributed by atoms with Crippen LogP contribution in [0.25, 0.3) is 88.3 Å². The van der Waals surface area contributed by atoms with Crippen molar-refractivity contribution < 1.29 is 4.42 Å². The predicted molar refractivity (Wildman–Crippen MR) is 253 cm³/mol. The highest BCUT2D eigenvalue weighted by atomic mass is 16.3. The summed E-state index contributed by atoms with van der Waals surface area (Å²) in [4.78, 5) is 2.44. The lowest BCUT2D eigenvalue weighted by Gasteiger charge is -2.29. The minimum absolute atomic E-state index is 0.870. The van der Waals surface area contributed by atoms with Crippen molar-refractivity contribution in [1.82, 2.24) is 0 Å². The third-order valence-electron chi connectivity index (χ3n) is 11.7. The summed E-state index contributed by atoms with van der Waals surface area (Å²) in [7, 11) is 0. The van der Waals surface area contributed by atoms with Gasteiger partial charge in [0.2, 0.25) is 0 Å². The number of nitrogens with zero attached hydrogens (tertiary/aromatic N) is 1. The van der Waals surface area contributed by atoms with E-state index in [2.05, 4.69) is 241 Å². The third-order valence-corrected chi connectivity index (χ3v) is 11.7.